The minimum atomic E-state index is -1.45. The van der Waals surface area contributed by atoms with Crippen LogP contribution in [0.1, 0.15) is 63.5 Å². The van der Waals surface area contributed by atoms with Crippen LogP contribution in [0.25, 0.3) is 0 Å². The highest BCUT2D eigenvalue weighted by Crippen LogP contribution is 2.32. The van der Waals surface area contributed by atoms with Gasteiger partial charge in [-0.15, -0.1) is 6.42 Å². The average molecular weight is 406 g/mol. The highest BCUT2D eigenvalue weighted by molar-refractivity contribution is 5.52. The van der Waals surface area contributed by atoms with Gasteiger partial charge in [0.15, 0.2) is 5.60 Å². The Morgan fingerprint density at radius 1 is 1.00 bits per heavy atom. The van der Waals surface area contributed by atoms with Crippen LogP contribution in [0.4, 0.5) is 5.69 Å². The summed E-state index contributed by atoms with van der Waals surface area (Å²) in [5, 5.41) is 11.3. The summed E-state index contributed by atoms with van der Waals surface area (Å²) in [7, 11) is 0. The quantitative estimate of drug-likeness (QED) is 0.426. The molecule has 0 saturated carbocycles. The number of nitrogens with zero attached hydrogens (tertiary/aromatic N) is 1. The molecule has 0 amide bonds. The Morgan fingerprint density at radius 3 is 2.17 bits per heavy atom. The summed E-state index contributed by atoms with van der Waals surface area (Å²) in [6.07, 6.45) is 13.0. The van der Waals surface area contributed by atoms with Crippen molar-refractivity contribution in [3.8, 4) is 18.1 Å². The molecule has 1 aliphatic rings. The molecular weight excluding hydrogens is 370 g/mol. The second kappa shape index (κ2) is 10.5. The number of aliphatic hydroxyl groups is 1. The molecule has 1 atom stereocenters. The van der Waals surface area contributed by atoms with Crippen molar-refractivity contribution in [1.29, 1.82) is 0 Å². The van der Waals surface area contributed by atoms with Crippen molar-refractivity contribution in [1.82, 2.24) is 0 Å². The lowest BCUT2D eigenvalue weighted by molar-refractivity contribution is 0.145. The highest BCUT2D eigenvalue weighted by Gasteiger charge is 2.29. The zero-order chi connectivity index (χ0) is 21.4. The maximum atomic E-state index is 11.3. The van der Waals surface area contributed by atoms with Gasteiger partial charge in [0.05, 0.1) is 6.61 Å². The first-order valence-corrected chi connectivity index (χ1v) is 11.4. The number of rotatable bonds is 9. The SMILES string of the molecule is C#CC(O)(c1ccc(OCCCCCC)cc1)c1ccc(N2CCC(C)CC2)cc1. The molecule has 1 aliphatic heterocycles. The molecule has 160 valence electrons. The predicted molar refractivity (Wildman–Crippen MR) is 125 cm³/mol. The first kappa shape index (κ1) is 22.2. The van der Waals surface area contributed by atoms with E-state index in [1.165, 1.54) is 37.8 Å². The lowest BCUT2D eigenvalue weighted by Gasteiger charge is -2.32. The summed E-state index contributed by atoms with van der Waals surface area (Å²) in [5.41, 5.74) is 1.14. The number of anilines is 1. The van der Waals surface area contributed by atoms with Crippen LogP contribution in [0.3, 0.4) is 0 Å². The van der Waals surface area contributed by atoms with Gasteiger partial charge in [0.1, 0.15) is 5.75 Å². The fourth-order valence-electron chi connectivity index (χ4n) is 4.02. The van der Waals surface area contributed by atoms with E-state index < -0.39 is 5.60 Å². The summed E-state index contributed by atoms with van der Waals surface area (Å²) >= 11 is 0. The topological polar surface area (TPSA) is 32.7 Å². The normalized spacial score (nSPS) is 16.7. The van der Waals surface area contributed by atoms with Gasteiger partial charge >= 0.3 is 0 Å². The molecule has 0 aromatic heterocycles. The van der Waals surface area contributed by atoms with Crippen molar-refractivity contribution < 1.29 is 9.84 Å². The Balaban J connectivity index is 1.66. The Kier molecular flexibility index (Phi) is 7.82. The van der Waals surface area contributed by atoms with Crippen molar-refractivity contribution in [3.63, 3.8) is 0 Å². The fourth-order valence-corrected chi connectivity index (χ4v) is 4.02. The molecule has 1 fully saturated rings. The van der Waals surface area contributed by atoms with Crippen LogP contribution >= 0.6 is 0 Å². The van der Waals surface area contributed by atoms with Gasteiger partial charge in [-0.3, -0.25) is 0 Å². The van der Waals surface area contributed by atoms with E-state index in [4.69, 9.17) is 11.2 Å². The second-order valence-corrected chi connectivity index (χ2v) is 8.50. The number of piperidine rings is 1. The molecule has 0 aliphatic carbocycles. The molecule has 1 saturated heterocycles. The molecule has 0 spiro atoms. The standard InChI is InChI=1S/C27H35NO2/c1-4-6-7-8-21-30-26-15-11-24(12-16-26)27(29,5-2)23-9-13-25(14-10-23)28-19-17-22(3)18-20-28/h2,9-16,22,29H,4,6-8,17-21H2,1,3H3. The van der Waals surface area contributed by atoms with E-state index in [-0.39, 0.29) is 0 Å². The number of unbranched alkanes of at least 4 members (excludes halogenated alkanes) is 3. The van der Waals surface area contributed by atoms with Gasteiger partial charge in [-0.1, -0.05) is 63.3 Å². The van der Waals surface area contributed by atoms with Crippen LogP contribution in [-0.4, -0.2) is 24.8 Å². The van der Waals surface area contributed by atoms with Gasteiger partial charge < -0.3 is 14.7 Å². The first-order chi connectivity index (χ1) is 14.6. The number of hydrogen-bond acceptors (Lipinski definition) is 3. The van der Waals surface area contributed by atoms with Gasteiger partial charge in [-0.25, -0.2) is 0 Å². The van der Waals surface area contributed by atoms with E-state index in [0.717, 1.165) is 37.8 Å². The molecule has 0 radical (unpaired) electrons. The molecule has 1 heterocycles. The minimum absolute atomic E-state index is 0.683. The van der Waals surface area contributed by atoms with Crippen molar-refractivity contribution in [2.45, 2.75) is 58.0 Å². The lowest BCUT2D eigenvalue weighted by Crippen LogP contribution is -2.32. The van der Waals surface area contributed by atoms with Gasteiger partial charge in [0.25, 0.3) is 0 Å². The Bertz CT molecular complexity index is 813. The third-order valence-corrected chi connectivity index (χ3v) is 6.18. The van der Waals surface area contributed by atoms with Crippen LogP contribution in [0.5, 0.6) is 5.75 Å². The van der Waals surface area contributed by atoms with E-state index >= 15 is 0 Å². The molecular formula is C27H35NO2. The molecule has 2 aromatic carbocycles. The van der Waals surface area contributed by atoms with Crippen LogP contribution < -0.4 is 9.64 Å². The average Bonchev–Trinajstić information content (AvgIpc) is 2.79. The van der Waals surface area contributed by atoms with E-state index in [1.807, 2.05) is 36.4 Å². The molecule has 1 N–H and O–H groups in total. The van der Waals surface area contributed by atoms with Crippen LogP contribution in [0.15, 0.2) is 48.5 Å². The summed E-state index contributed by atoms with van der Waals surface area (Å²) in [5.74, 6) is 4.21. The zero-order valence-electron chi connectivity index (χ0n) is 18.4. The second-order valence-electron chi connectivity index (χ2n) is 8.50. The van der Waals surface area contributed by atoms with Crippen molar-refractivity contribution >= 4 is 5.69 Å². The smallest absolute Gasteiger partial charge is 0.176 e. The van der Waals surface area contributed by atoms with E-state index in [1.54, 1.807) is 0 Å². The lowest BCUT2D eigenvalue weighted by atomic mass is 9.87. The van der Waals surface area contributed by atoms with Crippen LogP contribution in [0.2, 0.25) is 0 Å². The largest absolute Gasteiger partial charge is 0.494 e. The van der Waals surface area contributed by atoms with Crippen molar-refractivity contribution in [2.24, 2.45) is 5.92 Å². The minimum Gasteiger partial charge on any atom is -0.494 e. The molecule has 1 unspecified atom stereocenters. The van der Waals surface area contributed by atoms with Gasteiger partial charge in [-0.2, -0.15) is 0 Å². The van der Waals surface area contributed by atoms with E-state index in [0.29, 0.717) is 11.1 Å². The summed E-state index contributed by atoms with van der Waals surface area (Å²) in [6.45, 7) is 7.40. The summed E-state index contributed by atoms with van der Waals surface area (Å²) < 4.78 is 5.81. The number of ether oxygens (including phenoxy) is 1. The zero-order valence-corrected chi connectivity index (χ0v) is 18.4. The van der Waals surface area contributed by atoms with Gasteiger partial charge in [-0.05, 0) is 49.4 Å². The summed E-state index contributed by atoms with van der Waals surface area (Å²) in [6, 6.07) is 15.5. The third-order valence-electron chi connectivity index (χ3n) is 6.18. The number of hydrogen-bond donors (Lipinski definition) is 1. The van der Waals surface area contributed by atoms with E-state index in [9.17, 15) is 5.11 Å². The first-order valence-electron chi connectivity index (χ1n) is 11.4. The Morgan fingerprint density at radius 2 is 1.60 bits per heavy atom. The highest BCUT2D eigenvalue weighted by atomic mass is 16.5. The molecule has 3 nitrogen and oxygen atoms in total. The molecule has 2 aromatic rings. The van der Waals surface area contributed by atoms with Gasteiger partial charge in [0.2, 0.25) is 0 Å². The van der Waals surface area contributed by atoms with E-state index in [2.05, 4.69) is 36.8 Å². The van der Waals surface area contributed by atoms with Crippen molar-refractivity contribution in [2.75, 3.05) is 24.6 Å². The molecule has 30 heavy (non-hydrogen) atoms. The maximum absolute atomic E-state index is 11.3. The molecule has 0 bridgehead atoms. The van der Waals surface area contributed by atoms with Crippen LogP contribution in [-0.2, 0) is 5.60 Å². The third kappa shape index (κ3) is 5.37. The summed E-state index contributed by atoms with van der Waals surface area (Å²) in [4.78, 5) is 2.41. The fraction of sp³-hybridized carbons (Fsp3) is 0.481. The number of terminal acetylenes is 1. The Hall–Kier alpha value is -2.44. The maximum Gasteiger partial charge on any atom is 0.176 e. The van der Waals surface area contributed by atoms with Crippen LogP contribution in [0, 0.1) is 18.3 Å². The van der Waals surface area contributed by atoms with Gasteiger partial charge in [0, 0.05) is 29.9 Å². The molecule has 3 rings (SSSR count). The number of benzene rings is 2. The predicted octanol–water partition coefficient (Wildman–Crippen LogP) is 5.75. The molecule has 3 heteroatoms. The van der Waals surface area contributed by atoms with Crippen molar-refractivity contribution in [3.05, 3.63) is 59.7 Å². The monoisotopic (exact) mass is 405 g/mol. The Labute approximate surface area is 182 Å².